The van der Waals surface area contributed by atoms with E-state index >= 15 is 0 Å². The number of hydrogen-bond acceptors (Lipinski definition) is 5. The van der Waals surface area contributed by atoms with Crippen molar-refractivity contribution in [3.05, 3.63) is 108 Å². The first-order chi connectivity index (χ1) is 14.8. The average molecular weight is 396 g/mol. The SMILES string of the molecule is O=C(Nc1ccccc1)c1cnc(Nc2ccc(OCc3ccccc3)cc2)nc1. The number of hydrogen-bond donors (Lipinski definition) is 2. The lowest BCUT2D eigenvalue weighted by Gasteiger charge is -2.09. The van der Waals surface area contributed by atoms with E-state index in [-0.39, 0.29) is 5.91 Å². The molecule has 3 aromatic carbocycles. The third-order valence-corrected chi connectivity index (χ3v) is 4.30. The van der Waals surface area contributed by atoms with E-state index in [4.69, 9.17) is 4.74 Å². The zero-order valence-electron chi connectivity index (χ0n) is 16.2. The number of rotatable bonds is 7. The molecule has 0 spiro atoms. The minimum absolute atomic E-state index is 0.257. The Morgan fingerprint density at radius 2 is 1.40 bits per heavy atom. The highest BCUT2D eigenvalue weighted by Gasteiger charge is 2.08. The fraction of sp³-hybridized carbons (Fsp3) is 0.0417. The van der Waals surface area contributed by atoms with E-state index in [0.29, 0.717) is 18.1 Å². The van der Waals surface area contributed by atoms with Gasteiger partial charge in [-0.2, -0.15) is 0 Å². The van der Waals surface area contributed by atoms with Gasteiger partial charge in [-0.15, -0.1) is 0 Å². The molecule has 2 N–H and O–H groups in total. The highest BCUT2D eigenvalue weighted by atomic mass is 16.5. The molecule has 6 nitrogen and oxygen atoms in total. The summed E-state index contributed by atoms with van der Waals surface area (Å²) in [5.74, 6) is 0.926. The second-order valence-electron chi connectivity index (χ2n) is 6.54. The number of para-hydroxylation sites is 1. The van der Waals surface area contributed by atoms with E-state index in [1.54, 1.807) is 0 Å². The fourth-order valence-electron chi connectivity index (χ4n) is 2.74. The number of nitrogens with one attached hydrogen (secondary N) is 2. The van der Waals surface area contributed by atoms with Crippen molar-refractivity contribution in [2.24, 2.45) is 0 Å². The minimum atomic E-state index is -0.257. The number of carbonyl (C=O) groups excluding carboxylic acids is 1. The van der Waals surface area contributed by atoms with Gasteiger partial charge in [0.1, 0.15) is 12.4 Å². The van der Waals surface area contributed by atoms with Crippen LogP contribution in [-0.2, 0) is 6.61 Å². The van der Waals surface area contributed by atoms with Gasteiger partial charge < -0.3 is 15.4 Å². The molecule has 1 heterocycles. The van der Waals surface area contributed by atoms with Crippen molar-refractivity contribution in [2.75, 3.05) is 10.6 Å². The van der Waals surface area contributed by atoms with Crippen LogP contribution in [0.2, 0.25) is 0 Å². The van der Waals surface area contributed by atoms with Crippen molar-refractivity contribution in [3.63, 3.8) is 0 Å². The Labute approximate surface area is 174 Å². The van der Waals surface area contributed by atoms with E-state index in [1.165, 1.54) is 12.4 Å². The van der Waals surface area contributed by atoms with Gasteiger partial charge in [0.05, 0.1) is 5.56 Å². The molecule has 30 heavy (non-hydrogen) atoms. The van der Waals surface area contributed by atoms with E-state index < -0.39 is 0 Å². The number of carbonyl (C=O) groups is 1. The topological polar surface area (TPSA) is 76.1 Å². The maximum atomic E-state index is 12.3. The molecule has 0 radical (unpaired) electrons. The summed E-state index contributed by atoms with van der Waals surface area (Å²) in [4.78, 5) is 20.7. The third-order valence-electron chi connectivity index (χ3n) is 4.30. The molecule has 0 aliphatic rings. The number of benzene rings is 3. The Kier molecular flexibility index (Phi) is 5.96. The smallest absolute Gasteiger partial charge is 0.258 e. The van der Waals surface area contributed by atoms with Gasteiger partial charge in [-0.25, -0.2) is 9.97 Å². The summed E-state index contributed by atoms with van der Waals surface area (Å²) < 4.78 is 5.78. The van der Waals surface area contributed by atoms with Gasteiger partial charge in [0.2, 0.25) is 5.95 Å². The summed E-state index contributed by atoms with van der Waals surface area (Å²) in [6, 6.07) is 26.8. The summed E-state index contributed by atoms with van der Waals surface area (Å²) in [5.41, 5.74) is 3.04. The van der Waals surface area contributed by atoms with Crippen molar-refractivity contribution < 1.29 is 9.53 Å². The van der Waals surface area contributed by atoms with E-state index in [0.717, 1.165) is 22.7 Å². The minimum Gasteiger partial charge on any atom is -0.489 e. The Morgan fingerprint density at radius 3 is 2.07 bits per heavy atom. The lowest BCUT2D eigenvalue weighted by atomic mass is 10.2. The molecule has 0 saturated carbocycles. The van der Waals surface area contributed by atoms with Crippen LogP contribution >= 0.6 is 0 Å². The number of amides is 1. The van der Waals surface area contributed by atoms with E-state index in [1.807, 2.05) is 84.9 Å². The molecule has 148 valence electrons. The molecule has 1 amide bonds. The van der Waals surface area contributed by atoms with Gasteiger partial charge >= 0.3 is 0 Å². The number of ether oxygens (including phenoxy) is 1. The maximum absolute atomic E-state index is 12.3. The van der Waals surface area contributed by atoms with Crippen LogP contribution < -0.4 is 15.4 Å². The van der Waals surface area contributed by atoms with Crippen molar-refractivity contribution in [2.45, 2.75) is 6.61 Å². The summed E-state index contributed by atoms with van der Waals surface area (Å²) in [5, 5.41) is 5.92. The van der Waals surface area contributed by atoms with Gasteiger partial charge in [0.15, 0.2) is 0 Å². The molecular weight excluding hydrogens is 376 g/mol. The molecule has 1 aromatic heterocycles. The van der Waals surface area contributed by atoms with Crippen LogP contribution in [0.1, 0.15) is 15.9 Å². The normalized spacial score (nSPS) is 10.3. The highest BCUT2D eigenvalue weighted by molar-refractivity contribution is 6.03. The molecule has 0 aliphatic carbocycles. The molecule has 0 unspecified atom stereocenters. The van der Waals surface area contributed by atoms with Gasteiger partial charge in [-0.05, 0) is 42.0 Å². The zero-order valence-corrected chi connectivity index (χ0v) is 16.2. The predicted octanol–water partition coefficient (Wildman–Crippen LogP) is 5.05. The molecule has 0 aliphatic heterocycles. The monoisotopic (exact) mass is 396 g/mol. The van der Waals surface area contributed by atoms with Crippen LogP contribution in [-0.4, -0.2) is 15.9 Å². The number of anilines is 3. The van der Waals surface area contributed by atoms with Gasteiger partial charge in [0, 0.05) is 23.8 Å². The molecule has 0 saturated heterocycles. The van der Waals surface area contributed by atoms with Crippen molar-refractivity contribution >= 4 is 23.2 Å². The summed E-state index contributed by atoms with van der Waals surface area (Å²) in [7, 11) is 0. The van der Waals surface area contributed by atoms with Crippen LogP contribution in [0.15, 0.2) is 97.3 Å². The van der Waals surface area contributed by atoms with Crippen LogP contribution in [0.4, 0.5) is 17.3 Å². The first kappa shape index (κ1) is 19.1. The quantitative estimate of drug-likeness (QED) is 0.457. The Hall–Kier alpha value is -4.19. The van der Waals surface area contributed by atoms with Gasteiger partial charge in [-0.3, -0.25) is 4.79 Å². The Morgan fingerprint density at radius 1 is 0.767 bits per heavy atom. The first-order valence-corrected chi connectivity index (χ1v) is 9.48. The van der Waals surface area contributed by atoms with Gasteiger partial charge in [0.25, 0.3) is 5.91 Å². The third kappa shape index (κ3) is 5.20. The van der Waals surface area contributed by atoms with Crippen molar-refractivity contribution in [1.29, 1.82) is 0 Å². The highest BCUT2D eigenvalue weighted by Crippen LogP contribution is 2.19. The molecule has 4 aromatic rings. The second kappa shape index (κ2) is 9.34. The molecular formula is C24H20N4O2. The maximum Gasteiger partial charge on any atom is 0.258 e. The molecule has 0 bridgehead atoms. The lowest BCUT2D eigenvalue weighted by Crippen LogP contribution is -2.13. The second-order valence-corrected chi connectivity index (χ2v) is 6.54. The van der Waals surface area contributed by atoms with Crippen LogP contribution in [0.25, 0.3) is 0 Å². The predicted molar refractivity (Wildman–Crippen MR) is 117 cm³/mol. The number of nitrogens with zero attached hydrogens (tertiary/aromatic N) is 2. The lowest BCUT2D eigenvalue weighted by molar-refractivity contribution is 0.102. The average Bonchev–Trinajstić information content (AvgIpc) is 2.80. The van der Waals surface area contributed by atoms with E-state index in [2.05, 4.69) is 20.6 Å². The van der Waals surface area contributed by atoms with Crippen molar-refractivity contribution in [3.8, 4) is 5.75 Å². The van der Waals surface area contributed by atoms with Crippen LogP contribution in [0, 0.1) is 0 Å². The first-order valence-electron chi connectivity index (χ1n) is 9.48. The van der Waals surface area contributed by atoms with Gasteiger partial charge in [-0.1, -0.05) is 48.5 Å². The Bertz CT molecular complexity index is 1080. The summed E-state index contributed by atoms with van der Waals surface area (Å²) in [6.45, 7) is 0.517. The van der Waals surface area contributed by atoms with Crippen LogP contribution in [0.3, 0.4) is 0 Å². The van der Waals surface area contributed by atoms with Crippen LogP contribution in [0.5, 0.6) is 5.75 Å². The largest absolute Gasteiger partial charge is 0.489 e. The fourth-order valence-corrected chi connectivity index (χ4v) is 2.74. The van der Waals surface area contributed by atoms with Crippen molar-refractivity contribution in [1.82, 2.24) is 9.97 Å². The number of aromatic nitrogens is 2. The summed E-state index contributed by atoms with van der Waals surface area (Å²) in [6.07, 6.45) is 2.98. The van der Waals surface area contributed by atoms with E-state index in [9.17, 15) is 4.79 Å². The zero-order chi connectivity index (χ0) is 20.6. The molecule has 6 heteroatoms. The molecule has 4 rings (SSSR count). The molecule has 0 atom stereocenters. The summed E-state index contributed by atoms with van der Waals surface area (Å²) >= 11 is 0. The Balaban J connectivity index is 1.32. The molecule has 0 fully saturated rings. The standard InChI is InChI=1S/C24H20N4O2/c29-23(27-20-9-5-2-6-10-20)19-15-25-24(26-16-19)28-21-11-13-22(14-12-21)30-17-18-7-3-1-4-8-18/h1-16H,17H2,(H,27,29)(H,25,26,28).